The van der Waals surface area contributed by atoms with E-state index in [0.717, 1.165) is 5.69 Å². The van der Waals surface area contributed by atoms with Gasteiger partial charge in [-0.1, -0.05) is 51.6 Å². The van der Waals surface area contributed by atoms with Gasteiger partial charge < -0.3 is 18.6 Å². The molecule has 1 aliphatic heterocycles. The van der Waals surface area contributed by atoms with Crippen LogP contribution in [0.4, 0.5) is 4.79 Å². The Morgan fingerprint density at radius 3 is 2.56 bits per heavy atom. The molecule has 1 saturated heterocycles. The Kier molecular flexibility index (Phi) is 8.97. The maximum Gasteiger partial charge on any atom is 0.410 e. The van der Waals surface area contributed by atoms with E-state index in [1.807, 2.05) is 31.3 Å². The molecule has 196 valence electrons. The first-order valence-corrected chi connectivity index (χ1v) is 15.4. The molecule has 1 fully saturated rings. The number of para-hydroxylation sites is 1. The molecule has 0 radical (unpaired) electrons. The molecule has 1 aromatic heterocycles. The number of amides is 1. The standard InChI is InChI=1S/C26H37N3O5SSi/c1-8-16-31-24(30)29-18-20(34-36(6,7)26(2,3)4)17-22(29)23(21-14-15-27-28(21)5)33-25(35)32-19-12-10-9-11-13-19/h8-15,20,22-23H,1,16-18H2,2-7H3/t20-,22+,23?/m1/s1. The van der Waals surface area contributed by atoms with Gasteiger partial charge in [0.1, 0.15) is 12.4 Å². The molecular formula is C26H37N3O5SSi. The first kappa shape index (κ1) is 27.9. The summed E-state index contributed by atoms with van der Waals surface area (Å²) in [6.45, 7) is 15.2. The predicted octanol–water partition coefficient (Wildman–Crippen LogP) is 5.63. The summed E-state index contributed by atoms with van der Waals surface area (Å²) in [6, 6.07) is 10.6. The number of rotatable bonds is 8. The van der Waals surface area contributed by atoms with Gasteiger partial charge in [-0.2, -0.15) is 5.10 Å². The van der Waals surface area contributed by atoms with Gasteiger partial charge >= 0.3 is 11.3 Å². The molecule has 0 spiro atoms. The van der Waals surface area contributed by atoms with Gasteiger partial charge in [-0.15, -0.1) is 0 Å². The summed E-state index contributed by atoms with van der Waals surface area (Å²) in [6.07, 6.45) is 2.52. The number of aromatic nitrogens is 2. The van der Waals surface area contributed by atoms with E-state index in [1.54, 1.807) is 34.0 Å². The van der Waals surface area contributed by atoms with Gasteiger partial charge in [0.15, 0.2) is 14.4 Å². The van der Waals surface area contributed by atoms with Gasteiger partial charge in [0, 0.05) is 32.0 Å². The average molecular weight is 532 g/mol. The van der Waals surface area contributed by atoms with Crippen LogP contribution < -0.4 is 4.74 Å². The third kappa shape index (κ3) is 6.74. The monoisotopic (exact) mass is 531 g/mol. The fourth-order valence-corrected chi connectivity index (χ4v) is 5.48. The van der Waals surface area contributed by atoms with Crippen molar-refractivity contribution < 1.29 is 23.4 Å². The first-order valence-electron chi connectivity index (χ1n) is 12.1. The lowest BCUT2D eigenvalue weighted by Crippen LogP contribution is -2.45. The molecule has 1 aliphatic rings. The largest absolute Gasteiger partial charge is 0.445 e. The van der Waals surface area contributed by atoms with Crippen molar-refractivity contribution >= 4 is 31.9 Å². The van der Waals surface area contributed by atoms with Crippen LogP contribution in [0.3, 0.4) is 0 Å². The fraction of sp³-hybridized carbons (Fsp3) is 0.500. The molecule has 3 rings (SSSR count). The average Bonchev–Trinajstić information content (AvgIpc) is 3.41. The number of ether oxygens (including phenoxy) is 3. The molecule has 0 N–H and O–H groups in total. The Balaban J connectivity index is 1.90. The lowest BCUT2D eigenvalue weighted by Gasteiger charge is -2.38. The van der Waals surface area contributed by atoms with E-state index in [9.17, 15) is 4.79 Å². The molecule has 3 atom stereocenters. The van der Waals surface area contributed by atoms with E-state index in [0.29, 0.717) is 18.7 Å². The van der Waals surface area contributed by atoms with Crippen molar-refractivity contribution in [2.45, 2.75) is 63.6 Å². The van der Waals surface area contributed by atoms with Crippen LogP contribution in [-0.2, 0) is 20.9 Å². The maximum absolute atomic E-state index is 13.1. The fourth-order valence-electron chi connectivity index (χ4n) is 3.93. The second kappa shape index (κ2) is 11.6. The van der Waals surface area contributed by atoms with Gasteiger partial charge in [-0.25, -0.2) is 4.79 Å². The summed E-state index contributed by atoms with van der Waals surface area (Å²) in [5.74, 6) is 0.569. The van der Waals surface area contributed by atoms with Crippen LogP contribution in [0, 0.1) is 0 Å². The first-order chi connectivity index (χ1) is 16.9. The van der Waals surface area contributed by atoms with E-state index < -0.39 is 26.6 Å². The predicted molar refractivity (Wildman–Crippen MR) is 145 cm³/mol. The van der Waals surface area contributed by atoms with Crippen molar-refractivity contribution in [1.82, 2.24) is 14.7 Å². The highest BCUT2D eigenvalue weighted by Gasteiger charge is 2.47. The highest BCUT2D eigenvalue weighted by Crippen LogP contribution is 2.41. The molecular weight excluding hydrogens is 494 g/mol. The molecule has 2 heterocycles. The number of hydrogen-bond acceptors (Lipinski definition) is 7. The van der Waals surface area contributed by atoms with Crippen molar-refractivity contribution in [2.75, 3.05) is 13.2 Å². The van der Waals surface area contributed by atoms with Crippen molar-refractivity contribution in [2.24, 2.45) is 7.05 Å². The third-order valence-corrected chi connectivity index (χ3v) is 11.5. The number of benzene rings is 1. The molecule has 10 heteroatoms. The quantitative estimate of drug-likeness (QED) is 0.248. The number of likely N-dealkylation sites (tertiary alicyclic amines) is 1. The molecule has 0 saturated carbocycles. The lowest BCUT2D eigenvalue weighted by molar-refractivity contribution is 0.0493. The van der Waals surface area contributed by atoms with Crippen LogP contribution >= 0.6 is 12.2 Å². The molecule has 0 aliphatic carbocycles. The number of nitrogens with zero attached hydrogens (tertiary/aromatic N) is 3. The zero-order valence-electron chi connectivity index (χ0n) is 22.0. The Morgan fingerprint density at radius 2 is 1.97 bits per heavy atom. The van der Waals surface area contributed by atoms with Crippen LogP contribution in [-0.4, -0.2) is 59.6 Å². The number of carbonyl (C=O) groups excluding carboxylic acids is 1. The summed E-state index contributed by atoms with van der Waals surface area (Å²) in [7, 11) is -0.263. The summed E-state index contributed by atoms with van der Waals surface area (Å²) in [5.41, 5.74) is 0.758. The van der Waals surface area contributed by atoms with Gasteiger partial charge in [-0.3, -0.25) is 9.58 Å². The summed E-state index contributed by atoms with van der Waals surface area (Å²) < 4.78 is 25.8. The normalized spacial score (nSPS) is 19.0. The minimum absolute atomic E-state index is 0.0301. The van der Waals surface area contributed by atoms with E-state index in [-0.39, 0.29) is 23.0 Å². The van der Waals surface area contributed by atoms with Crippen LogP contribution in [0.2, 0.25) is 18.1 Å². The molecule has 2 aromatic rings. The Morgan fingerprint density at radius 1 is 1.28 bits per heavy atom. The van der Waals surface area contributed by atoms with Crippen molar-refractivity contribution in [1.29, 1.82) is 0 Å². The zero-order valence-corrected chi connectivity index (χ0v) is 23.8. The summed E-state index contributed by atoms with van der Waals surface area (Å²) in [5, 5.41) is 4.30. The van der Waals surface area contributed by atoms with E-state index in [4.69, 9.17) is 30.9 Å². The molecule has 1 aromatic carbocycles. The van der Waals surface area contributed by atoms with Crippen LogP contribution in [0.1, 0.15) is 39.0 Å². The van der Waals surface area contributed by atoms with Crippen LogP contribution in [0.15, 0.2) is 55.3 Å². The van der Waals surface area contributed by atoms with Crippen molar-refractivity contribution in [3.63, 3.8) is 0 Å². The number of hydrogen-bond donors (Lipinski definition) is 0. The van der Waals surface area contributed by atoms with Crippen LogP contribution in [0.25, 0.3) is 0 Å². The topological polar surface area (TPSA) is 75.1 Å². The van der Waals surface area contributed by atoms with Crippen LogP contribution in [0.5, 0.6) is 5.75 Å². The second-order valence-electron chi connectivity index (χ2n) is 10.4. The molecule has 8 nitrogen and oxygen atoms in total. The third-order valence-electron chi connectivity index (χ3n) is 6.80. The van der Waals surface area contributed by atoms with Crippen molar-refractivity contribution in [3.05, 3.63) is 60.9 Å². The number of aryl methyl sites for hydroxylation is 1. The molecule has 0 bridgehead atoms. The van der Waals surface area contributed by atoms with E-state index in [2.05, 4.69) is 45.5 Å². The highest BCUT2D eigenvalue weighted by molar-refractivity contribution is 7.79. The van der Waals surface area contributed by atoms with Crippen molar-refractivity contribution in [3.8, 4) is 5.75 Å². The number of thiocarbonyl (C=S) groups is 1. The minimum atomic E-state index is -2.09. The highest BCUT2D eigenvalue weighted by atomic mass is 32.1. The number of carbonyl (C=O) groups is 1. The van der Waals surface area contributed by atoms with E-state index >= 15 is 0 Å². The van der Waals surface area contributed by atoms with Gasteiger partial charge in [0.25, 0.3) is 0 Å². The minimum Gasteiger partial charge on any atom is -0.445 e. The summed E-state index contributed by atoms with van der Waals surface area (Å²) in [4.78, 5) is 14.8. The smallest absolute Gasteiger partial charge is 0.410 e. The molecule has 1 amide bonds. The SMILES string of the molecule is C=CCOC(=O)N1C[C@H](O[Si](C)(C)C(C)(C)C)C[C@H]1C(OC(=S)Oc1ccccc1)c1ccnn1C. The summed E-state index contributed by atoms with van der Waals surface area (Å²) >= 11 is 5.46. The lowest BCUT2D eigenvalue weighted by atomic mass is 10.0. The van der Waals surface area contributed by atoms with E-state index in [1.165, 1.54) is 0 Å². The van der Waals surface area contributed by atoms with Gasteiger partial charge in [-0.05, 0) is 42.8 Å². The van der Waals surface area contributed by atoms with Gasteiger partial charge in [0.05, 0.1) is 17.8 Å². The Hall–Kier alpha value is -2.69. The molecule has 36 heavy (non-hydrogen) atoms. The Bertz CT molecular complexity index is 1050. The maximum atomic E-state index is 13.1. The second-order valence-corrected chi connectivity index (χ2v) is 15.5. The van der Waals surface area contributed by atoms with Gasteiger partial charge in [0.2, 0.25) is 0 Å². The Labute approximate surface area is 220 Å². The zero-order chi connectivity index (χ0) is 26.5. The molecule has 1 unspecified atom stereocenters.